The summed E-state index contributed by atoms with van der Waals surface area (Å²) in [5.74, 6) is 1.76. The average molecular weight is 211 g/mol. The highest BCUT2D eigenvalue weighted by Crippen LogP contribution is 2.36. The van der Waals surface area contributed by atoms with Crippen LogP contribution < -0.4 is 10.6 Å². The Bertz CT molecular complexity index is 298. The van der Waals surface area contributed by atoms with Gasteiger partial charge in [0, 0.05) is 23.9 Å². The van der Waals surface area contributed by atoms with Crippen molar-refractivity contribution in [2.75, 3.05) is 24.5 Å². The van der Waals surface area contributed by atoms with Crippen molar-refractivity contribution in [1.29, 1.82) is 0 Å². The van der Waals surface area contributed by atoms with Crippen LogP contribution in [0.15, 0.2) is 11.4 Å². The number of hydrogen-bond acceptors (Lipinski definition) is 4. The maximum Gasteiger partial charge on any atom is 0.142 e. The number of anilines is 1. The molecule has 0 aromatic carbocycles. The number of rotatable bonds is 2. The molecule has 1 aromatic heterocycles. The van der Waals surface area contributed by atoms with Crippen LogP contribution in [0, 0.1) is 11.3 Å². The van der Waals surface area contributed by atoms with Gasteiger partial charge in [-0.25, -0.2) is 0 Å². The Kier molecular flexibility index (Phi) is 2.49. The summed E-state index contributed by atoms with van der Waals surface area (Å²) in [5, 5.41) is 2.03. The Labute approximate surface area is 89.1 Å². The molecule has 2 unspecified atom stereocenters. The molecule has 1 aromatic rings. The smallest absolute Gasteiger partial charge is 0.142 e. The molecule has 0 bridgehead atoms. The van der Waals surface area contributed by atoms with Crippen molar-refractivity contribution >= 4 is 17.4 Å². The van der Waals surface area contributed by atoms with E-state index in [0.29, 0.717) is 5.92 Å². The van der Waals surface area contributed by atoms with Gasteiger partial charge in [0.2, 0.25) is 0 Å². The van der Waals surface area contributed by atoms with Crippen LogP contribution in [0.2, 0.25) is 0 Å². The van der Waals surface area contributed by atoms with Gasteiger partial charge >= 0.3 is 0 Å². The topological polar surface area (TPSA) is 42.2 Å². The van der Waals surface area contributed by atoms with E-state index in [2.05, 4.69) is 29.2 Å². The molecule has 1 saturated heterocycles. The monoisotopic (exact) mass is 211 g/mol. The summed E-state index contributed by atoms with van der Waals surface area (Å²) < 4.78 is 4.36. The average Bonchev–Trinajstić information content (AvgIpc) is 2.76. The van der Waals surface area contributed by atoms with Crippen LogP contribution in [0.3, 0.4) is 0 Å². The van der Waals surface area contributed by atoms with Gasteiger partial charge in [0.1, 0.15) is 5.82 Å². The Morgan fingerprint density at radius 2 is 2.57 bits per heavy atom. The fourth-order valence-electron chi connectivity index (χ4n) is 2.02. The molecule has 0 amide bonds. The van der Waals surface area contributed by atoms with Crippen LogP contribution in [0.1, 0.15) is 13.8 Å². The van der Waals surface area contributed by atoms with Gasteiger partial charge in [-0.05, 0) is 30.1 Å². The third-order valence-corrected chi connectivity index (χ3v) is 4.00. The van der Waals surface area contributed by atoms with Crippen LogP contribution in [0.5, 0.6) is 0 Å². The van der Waals surface area contributed by atoms with Crippen molar-refractivity contribution in [3.63, 3.8) is 0 Å². The molecule has 1 aliphatic heterocycles. The normalized spacial score (nSPS) is 32.5. The van der Waals surface area contributed by atoms with Crippen molar-refractivity contribution in [1.82, 2.24) is 4.37 Å². The third kappa shape index (κ3) is 1.53. The highest BCUT2D eigenvalue weighted by molar-refractivity contribution is 7.03. The second-order valence-corrected chi connectivity index (χ2v) is 5.16. The zero-order valence-corrected chi connectivity index (χ0v) is 9.55. The molecule has 78 valence electrons. The van der Waals surface area contributed by atoms with Crippen LogP contribution >= 0.6 is 11.5 Å². The second-order valence-electron chi connectivity index (χ2n) is 4.50. The Hall–Kier alpha value is -0.610. The molecule has 2 atom stereocenters. The molecular weight excluding hydrogens is 194 g/mol. The minimum absolute atomic E-state index is 0.254. The van der Waals surface area contributed by atoms with Gasteiger partial charge < -0.3 is 10.6 Å². The van der Waals surface area contributed by atoms with Gasteiger partial charge in [-0.1, -0.05) is 13.8 Å². The van der Waals surface area contributed by atoms with Crippen molar-refractivity contribution in [2.24, 2.45) is 17.1 Å². The maximum absolute atomic E-state index is 5.83. The molecule has 4 heteroatoms. The van der Waals surface area contributed by atoms with Crippen LogP contribution in [0.4, 0.5) is 5.82 Å². The van der Waals surface area contributed by atoms with Crippen molar-refractivity contribution in [2.45, 2.75) is 13.8 Å². The first kappa shape index (κ1) is 9.93. The summed E-state index contributed by atoms with van der Waals surface area (Å²) in [6, 6.07) is 2.08. The molecule has 1 aliphatic rings. The van der Waals surface area contributed by atoms with Gasteiger partial charge in [0.25, 0.3) is 0 Å². The van der Waals surface area contributed by atoms with E-state index in [0.717, 1.165) is 25.5 Å². The Morgan fingerprint density at radius 3 is 3.07 bits per heavy atom. The van der Waals surface area contributed by atoms with Gasteiger partial charge in [0.15, 0.2) is 0 Å². The highest BCUT2D eigenvalue weighted by Gasteiger charge is 2.39. The molecule has 3 nitrogen and oxygen atoms in total. The fourth-order valence-corrected chi connectivity index (χ4v) is 2.54. The third-order valence-electron chi connectivity index (χ3n) is 3.45. The van der Waals surface area contributed by atoms with Gasteiger partial charge in [-0.3, -0.25) is 0 Å². The van der Waals surface area contributed by atoms with Crippen LogP contribution in [0.25, 0.3) is 0 Å². The molecule has 0 radical (unpaired) electrons. The largest absolute Gasteiger partial charge is 0.355 e. The van der Waals surface area contributed by atoms with Crippen molar-refractivity contribution in [3.8, 4) is 0 Å². The van der Waals surface area contributed by atoms with Crippen molar-refractivity contribution < 1.29 is 0 Å². The summed E-state index contributed by atoms with van der Waals surface area (Å²) in [4.78, 5) is 2.34. The molecule has 2 heterocycles. The number of aromatic nitrogens is 1. The van der Waals surface area contributed by atoms with E-state index in [1.165, 1.54) is 11.5 Å². The molecule has 1 fully saturated rings. The summed E-state index contributed by atoms with van der Waals surface area (Å²) >= 11 is 1.51. The van der Waals surface area contributed by atoms with Gasteiger partial charge in [0.05, 0.1) is 0 Å². The quantitative estimate of drug-likeness (QED) is 0.807. The predicted molar refractivity (Wildman–Crippen MR) is 60.7 cm³/mol. The van der Waals surface area contributed by atoms with Crippen LogP contribution in [-0.4, -0.2) is 24.0 Å². The molecule has 0 aliphatic carbocycles. The van der Waals surface area contributed by atoms with E-state index in [4.69, 9.17) is 5.73 Å². The zero-order chi connectivity index (χ0) is 10.2. The lowest BCUT2D eigenvalue weighted by Gasteiger charge is -2.25. The molecule has 2 rings (SSSR count). The highest BCUT2D eigenvalue weighted by atomic mass is 32.1. The standard InChI is InChI=1S/C10H17N3S/c1-8-5-13(7-10(8,2)6-11)9-3-4-14-12-9/h3-4,8H,5-7,11H2,1-2H3. The minimum atomic E-state index is 0.254. The summed E-state index contributed by atoms with van der Waals surface area (Å²) in [5.41, 5.74) is 6.08. The predicted octanol–water partition coefficient (Wildman–Crippen LogP) is 1.56. The Balaban J connectivity index is 2.14. The first-order valence-electron chi connectivity index (χ1n) is 5.01. The first-order chi connectivity index (χ1) is 6.65. The van der Waals surface area contributed by atoms with E-state index < -0.39 is 0 Å². The maximum atomic E-state index is 5.83. The Morgan fingerprint density at radius 1 is 1.79 bits per heavy atom. The lowest BCUT2D eigenvalue weighted by atomic mass is 9.81. The van der Waals surface area contributed by atoms with Crippen LogP contribution in [-0.2, 0) is 0 Å². The minimum Gasteiger partial charge on any atom is -0.355 e. The SMILES string of the molecule is CC1CN(c2ccsn2)CC1(C)CN. The first-order valence-corrected chi connectivity index (χ1v) is 5.85. The summed E-state index contributed by atoms with van der Waals surface area (Å²) in [6.45, 7) is 7.42. The van der Waals surface area contributed by atoms with E-state index >= 15 is 0 Å². The van der Waals surface area contributed by atoms with Crippen molar-refractivity contribution in [3.05, 3.63) is 11.4 Å². The number of hydrogen-bond donors (Lipinski definition) is 1. The molecule has 0 saturated carbocycles. The molecule has 2 N–H and O–H groups in total. The van der Waals surface area contributed by atoms with Gasteiger partial charge in [-0.15, -0.1) is 0 Å². The lowest BCUT2D eigenvalue weighted by molar-refractivity contribution is 0.287. The second kappa shape index (κ2) is 3.51. The fraction of sp³-hybridized carbons (Fsp3) is 0.700. The summed E-state index contributed by atoms with van der Waals surface area (Å²) in [6.07, 6.45) is 0. The van der Waals surface area contributed by atoms with E-state index in [1.54, 1.807) is 0 Å². The molecular formula is C10H17N3S. The van der Waals surface area contributed by atoms with E-state index in [-0.39, 0.29) is 5.41 Å². The van der Waals surface area contributed by atoms with E-state index in [1.807, 2.05) is 5.38 Å². The summed E-state index contributed by atoms with van der Waals surface area (Å²) in [7, 11) is 0. The number of nitrogens with zero attached hydrogens (tertiary/aromatic N) is 2. The van der Waals surface area contributed by atoms with E-state index in [9.17, 15) is 0 Å². The zero-order valence-electron chi connectivity index (χ0n) is 8.73. The molecule has 14 heavy (non-hydrogen) atoms. The molecule has 0 spiro atoms. The lowest BCUT2D eigenvalue weighted by Crippen LogP contribution is -2.34. The number of nitrogens with two attached hydrogens (primary N) is 1. The van der Waals surface area contributed by atoms with Gasteiger partial charge in [-0.2, -0.15) is 4.37 Å².